The normalized spacial score (nSPS) is 10.7. The molecule has 0 fully saturated rings. The van der Waals surface area contributed by atoms with E-state index >= 15 is 0 Å². The Balaban J connectivity index is 0.000000131. The van der Waals surface area contributed by atoms with Gasteiger partial charge in [-0.3, -0.25) is 0 Å². The van der Waals surface area contributed by atoms with Gasteiger partial charge in [-0.2, -0.15) is 0 Å². The molecule has 0 saturated carbocycles. The molecule has 0 aliphatic rings. The molecule has 0 bridgehead atoms. The Labute approximate surface area is 130 Å². The van der Waals surface area contributed by atoms with Crippen LogP contribution in [0, 0.1) is 27.7 Å². The lowest BCUT2D eigenvalue weighted by Crippen LogP contribution is -1.86. The lowest BCUT2D eigenvalue weighted by molar-refractivity contribution is 1.10. The minimum Gasteiger partial charge on any atom is -0.307 e. The van der Waals surface area contributed by atoms with Gasteiger partial charge in [0.15, 0.2) is 0 Å². The van der Waals surface area contributed by atoms with E-state index in [-0.39, 0.29) is 0 Å². The summed E-state index contributed by atoms with van der Waals surface area (Å²) in [5, 5.41) is 0. The van der Waals surface area contributed by atoms with Gasteiger partial charge in [0.2, 0.25) is 0 Å². The van der Waals surface area contributed by atoms with Crippen molar-refractivity contribution in [2.24, 2.45) is 0 Å². The molecule has 0 spiro atoms. The monoisotopic (exact) mass is 292 g/mol. The smallest absolute Gasteiger partial charge is 0.137 e. The van der Waals surface area contributed by atoms with E-state index in [1.54, 1.807) is 0 Å². The number of nitrogens with zero attached hydrogens (tertiary/aromatic N) is 4. The first kappa shape index (κ1) is 14.3. The molecule has 0 unspecified atom stereocenters. The molecule has 4 heterocycles. The van der Waals surface area contributed by atoms with Crippen molar-refractivity contribution >= 4 is 11.3 Å². The molecule has 22 heavy (non-hydrogen) atoms. The summed E-state index contributed by atoms with van der Waals surface area (Å²) >= 11 is 0. The highest BCUT2D eigenvalue weighted by molar-refractivity contribution is 5.43. The maximum atomic E-state index is 4.34. The molecule has 0 aromatic carbocycles. The van der Waals surface area contributed by atoms with Crippen molar-refractivity contribution < 1.29 is 0 Å². The first-order valence-corrected chi connectivity index (χ1v) is 7.35. The van der Waals surface area contributed by atoms with Crippen LogP contribution < -0.4 is 0 Å². The van der Waals surface area contributed by atoms with Crippen LogP contribution in [0.4, 0.5) is 0 Å². The third-order valence-electron chi connectivity index (χ3n) is 3.59. The lowest BCUT2D eigenvalue weighted by Gasteiger charge is -1.95. The average molecular weight is 292 g/mol. The Morgan fingerprint density at radius 1 is 0.864 bits per heavy atom. The van der Waals surface area contributed by atoms with Gasteiger partial charge in [0, 0.05) is 30.5 Å². The second-order valence-corrected chi connectivity index (χ2v) is 5.68. The van der Waals surface area contributed by atoms with Crippen molar-refractivity contribution in [1.29, 1.82) is 0 Å². The molecule has 4 aromatic rings. The number of fused-ring (bicyclic) bond motifs is 2. The Morgan fingerprint density at radius 3 is 2.32 bits per heavy atom. The van der Waals surface area contributed by atoms with Gasteiger partial charge in [-0.05, 0) is 63.1 Å². The standard InChI is InChI=1S/2C9H10N2/c1-7-3-4-11-6-8(2)10-9(11)5-7;1-7-3-4-11-8(2)6-10-9(11)5-7/h2*3-6H,1-2H3. The predicted molar refractivity (Wildman–Crippen MR) is 89.3 cm³/mol. The largest absolute Gasteiger partial charge is 0.307 e. The van der Waals surface area contributed by atoms with E-state index in [2.05, 4.69) is 59.4 Å². The zero-order valence-corrected chi connectivity index (χ0v) is 13.4. The second-order valence-electron chi connectivity index (χ2n) is 5.68. The van der Waals surface area contributed by atoms with Gasteiger partial charge >= 0.3 is 0 Å². The molecule has 0 radical (unpaired) electrons. The van der Waals surface area contributed by atoms with Crippen LogP contribution in [0.3, 0.4) is 0 Å². The average Bonchev–Trinajstić information content (AvgIpc) is 3.01. The number of aryl methyl sites for hydroxylation is 4. The van der Waals surface area contributed by atoms with Crippen LogP contribution in [0.2, 0.25) is 0 Å². The first-order chi connectivity index (χ1) is 10.5. The molecule has 4 nitrogen and oxygen atoms in total. The molecule has 0 N–H and O–H groups in total. The van der Waals surface area contributed by atoms with Gasteiger partial charge in [0.05, 0.1) is 5.69 Å². The maximum Gasteiger partial charge on any atom is 0.137 e. The molecule has 0 amide bonds. The fourth-order valence-corrected chi connectivity index (χ4v) is 2.42. The van der Waals surface area contributed by atoms with Gasteiger partial charge in [0.1, 0.15) is 11.3 Å². The van der Waals surface area contributed by atoms with Crippen LogP contribution >= 0.6 is 0 Å². The number of imidazole rings is 2. The van der Waals surface area contributed by atoms with Gasteiger partial charge in [0.25, 0.3) is 0 Å². The molecule has 4 rings (SSSR count). The number of hydrogen-bond donors (Lipinski definition) is 0. The van der Waals surface area contributed by atoms with Gasteiger partial charge in [-0.15, -0.1) is 0 Å². The molecule has 4 heteroatoms. The van der Waals surface area contributed by atoms with Crippen molar-refractivity contribution in [3.8, 4) is 0 Å². The van der Waals surface area contributed by atoms with Crippen LogP contribution in [0.5, 0.6) is 0 Å². The summed E-state index contributed by atoms with van der Waals surface area (Å²) in [6, 6.07) is 8.32. The van der Waals surface area contributed by atoms with Crippen molar-refractivity contribution in [3.63, 3.8) is 0 Å². The number of pyridine rings is 2. The fraction of sp³-hybridized carbons (Fsp3) is 0.222. The number of aromatic nitrogens is 4. The highest BCUT2D eigenvalue weighted by Gasteiger charge is 1.96. The zero-order valence-electron chi connectivity index (χ0n) is 13.4. The minimum atomic E-state index is 1.03. The number of rotatable bonds is 0. The Hall–Kier alpha value is -2.62. The molecule has 0 aliphatic carbocycles. The fourth-order valence-electron chi connectivity index (χ4n) is 2.42. The Bertz CT molecular complexity index is 922. The first-order valence-electron chi connectivity index (χ1n) is 7.35. The van der Waals surface area contributed by atoms with Crippen molar-refractivity contribution in [2.45, 2.75) is 27.7 Å². The Kier molecular flexibility index (Phi) is 3.67. The van der Waals surface area contributed by atoms with Crippen LogP contribution in [-0.2, 0) is 0 Å². The third kappa shape index (κ3) is 2.86. The van der Waals surface area contributed by atoms with E-state index in [9.17, 15) is 0 Å². The van der Waals surface area contributed by atoms with E-state index in [0.29, 0.717) is 0 Å². The van der Waals surface area contributed by atoms with Gasteiger partial charge in [-0.1, -0.05) is 0 Å². The van der Waals surface area contributed by atoms with Crippen LogP contribution in [0.15, 0.2) is 49.1 Å². The van der Waals surface area contributed by atoms with E-state index in [0.717, 1.165) is 17.0 Å². The molecule has 4 aromatic heterocycles. The summed E-state index contributed by atoms with van der Waals surface area (Å²) in [6.07, 6.45) is 7.99. The van der Waals surface area contributed by atoms with Crippen LogP contribution in [0.1, 0.15) is 22.5 Å². The summed E-state index contributed by atoms with van der Waals surface area (Å²) in [5.41, 5.74) is 6.81. The predicted octanol–water partition coefficient (Wildman–Crippen LogP) is 3.90. The van der Waals surface area contributed by atoms with E-state index < -0.39 is 0 Å². The summed E-state index contributed by atoms with van der Waals surface area (Å²) in [7, 11) is 0. The van der Waals surface area contributed by atoms with Crippen molar-refractivity contribution in [1.82, 2.24) is 18.8 Å². The topological polar surface area (TPSA) is 34.6 Å². The summed E-state index contributed by atoms with van der Waals surface area (Å²) in [6.45, 7) is 8.20. The van der Waals surface area contributed by atoms with E-state index in [4.69, 9.17) is 0 Å². The second kappa shape index (κ2) is 5.64. The van der Waals surface area contributed by atoms with E-state index in [1.165, 1.54) is 16.8 Å². The summed E-state index contributed by atoms with van der Waals surface area (Å²) in [5.74, 6) is 0. The molecular weight excluding hydrogens is 272 g/mol. The molecule has 112 valence electrons. The summed E-state index contributed by atoms with van der Waals surface area (Å²) in [4.78, 5) is 8.58. The lowest BCUT2D eigenvalue weighted by atomic mass is 10.3. The van der Waals surface area contributed by atoms with Crippen molar-refractivity contribution in [3.05, 3.63) is 71.6 Å². The molecule has 0 saturated heterocycles. The van der Waals surface area contributed by atoms with Crippen LogP contribution in [-0.4, -0.2) is 18.8 Å². The molecular formula is C18H20N4. The SMILES string of the molecule is Cc1ccn2c(C)cnc2c1.Cc1ccn2cc(C)nc2c1. The quantitative estimate of drug-likeness (QED) is 0.492. The highest BCUT2D eigenvalue weighted by atomic mass is 15.0. The van der Waals surface area contributed by atoms with Gasteiger partial charge in [-0.25, -0.2) is 9.97 Å². The number of hydrogen-bond acceptors (Lipinski definition) is 2. The molecule has 0 atom stereocenters. The summed E-state index contributed by atoms with van der Waals surface area (Å²) < 4.78 is 4.11. The minimum absolute atomic E-state index is 1.03. The van der Waals surface area contributed by atoms with E-state index in [1.807, 2.05) is 36.1 Å². The zero-order chi connectivity index (χ0) is 15.7. The van der Waals surface area contributed by atoms with Gasteiger partial charge < -0.3 is 8.80 Å². The third-order valence-corrected chi connectivity index (χ3v) is 3.59. The van der Waals surface area contributed by atoms with Crippen LogP contribution in [0.25, 0.3) is 11.3 Å². The maximum absolute atomic E-state index is 4.34. The highest BCUT2D eigenvalue weighted by Crippen LogP contribution is 2.07. The molecule has 0 aliphatic heterocycles. The van der Waals surface area contributed by atoms with Crippen molar-refractivity contribution in [2.75, 3.05) is 0 Å². The Morgan fingerprint density at radius 2 is 1.55 bits per heavy atom.